The van der Waals surface area contributed by atoms with Crippen LogP contribution < -0.4 is 10.1 Å². The Hall–Kier alpha value is -2.32. The van der Waals surface area contributed by atoms with Gasteiger partial charge in [0, 0.05) is 19.8 Å². The van der Waals surface area contributed by atoms with E-state index in [1.165, 1.54) is 11.1 Å². The van der Waals surface area contributed by atoms with Gasteiger partial charge < -0.3 is 10.1 Å². The van der Waals surface area contributed by atoms with Gasteiger partial charge in [-0.25, -0.2) is 0 Å². The highest BCUT2D eigenvalue weighted by Gasteiger charge is 1.98. The van der Waals surface area contributed by atoms with Crippen LogP contribution in [0.15, 0.2) is 36.7 Å². The average molecular weight is 270 g/mol. The van der Waals surface area contributed by atoms with Crippen molar-refractivity contribution in [3.8, 4) is 11.8 Å². The highest BCUT2D eigenvalue weighted by atomic mass is 16.5. The van der Waals surface area contributed by atoms with Crippen molar-refractivity contribution in [3.63, 3.8) is 0 Å². The minimum atomic E-state index is 0.0860. The van der Waals surface area contributed by atoms with Gasteiger partial charge in [-0.2, -0.15) is 10.4 Å². The summed E-state index contributed by atoms with van der Waals surface area (Å²) >= 11 is 0. The van der Waals surface area contributed by atoms with Gasteiger partial charge in [0.05, 0.1) is 6.20 Å². The summed E-state index contributed by atoms with van der Waals surface area (Å²) in [6.45, 7) is 1.82. The lowest BCUT2D eigenvalue weighted by Gasteiger charge is -2.06. The van der Waals surface area contributed by atoms with Gasteiger partial charge in [0.2, 0.25) is 0 Å². The third kappa shape index (κ3) is 4.41. The van der Waals surface area contributed by atoms with Crippen molar-refractivity contribution in [2.24, 2.45) is 7.05 Å². The van der Waals surface area contributed by atoms with Crippen LogP contribution in [-0.4, -0.2) is 22.9 Å². The second kappa shape index (κ2) is 7.31. The van der Waals surface area contributed by atoms with E-state index in [4.69, 9.17) is 10.00 Å². The van der Waals surface area contributed by atoms with Crippen LogP contribution in [0.1, 0.15) is 11.1 Å². The fraction of sp³-hybridized carbons (Fsp3) is 0.333. The number of nitrogens with one attached hydrogen (secondary N) is 1. The Morgan fingerprint density at radius 1 is 1.30 bits per heavy atom. The largest absolute Gasteiger partial charge is 0.479 e. The maximum atomic E-state index is 8.43. The zero-order valence-corrected chi connectivity index (χ0v) is 11.5. The van der Waals surface area contributed by atoms with E-state index in [9.17, 15) is 0 Å². The van der Waals surface area contributed by atoms with Crippen LogP contribution in [-0.2, 0) is 20.0 Å². The third-order valence-corrected chi connectivity index (χ3v) is 2.90. The third-order valence-electron chi connectivity index (χ3n) is 2.90. The van der Waals surface area contributed by atoms with Gasteiger partial charge in [0.15, 0.2) is 6.61 Å². The first kappa shape index (κ1) is 14.1. The van der Waals surface area contributed by atoms with E-state index in [1.54, 1.807) is 0 Å². The SMILES string of the molecule is Cn1cc(CCNCc2ccc(OCC#N)cc2)cn1. The lowest BCUT2D eigenvalue weighted by molar-refractivity contribution is 0.368. The van der Waals surface area contributed by atoms with E-state index in [1.807, 2.05) is 54.5 Å². The summed E-state index contributed by atoms with van der Waals surface area (Å²) in [5.41, 5.74) is 2.43. The van der Waals surface area contributed by atoms with E-state index >= 15 is 0 Å². The summed E-state index contributed by atoms with van der Waals surface area (Å²) in [4.78, 5) is 0. The Labute approximate surface area is 118 Å². The van der Waals surface area contributed by atoms with Crippen LogP contribution in [0, 0.1) is 11.3 Å². The van der Waals surface area contributed by atoms with E-state index in [2.05, 4.69) is 10.4 Å². The smallest absolute Gasteiger partial charge is 0.174 e. The Balaban J connectivity index is 1.70. The van der Waals surface area contributed by atoms with Crippen molar-refractivity contribution in [2.45, 2.75) is 13.0 Å². The van der Waals surface area contributed by atoms with Crippen LogP contribution >= 0.6 is 0 Å². The van der Waals surface area contributed by atoms with Crippen molar-refractivity contribution >= 4 is 0 Å². The molecule has 5 nitrogen and oxygen atoms in total. The minimum absolute atomic E-state index is 0.0860. The van der Waals surface area contributed by atoms with Gasteiger partial charge in [-0.3, -0.25) is 4.68 Å². The highest BCUT2D eigenvalue weighted by molar-refractivity contribution is 5.27. The molecule has 0 saturated carbocycles. The molecule has 0 radical (unpaired) electrons. The van der Waals surface area contributed by atoms with Crippen LogP contribution in [0.4, 0.5) is 0 Å². The molecule has 5 heteroatoms. The first-order chi connectivity index (χ1) is 9.78. The first-order valence-electron chi connectivity index (χ1n) is 6.55. The number of nitriles is 1. The first-order valence-corrected chi connectivity index (χ1v) is 6.55. The number of hydrogen-bond acceptors (Lipinski definition) is 4. The lowest BCUT2D eigenvalue weighted by Crippen LogP contribution is -2.16. The molecule has 2 rings (SSSR count). The molecule has 0 spiro atoms. The Morgan fingerprint density at radius 3 is 2.75 bits per heavy atom. The maximum Gasteiger partial charge on any atom is 0.174 e. The van der Waals surface area contributed by atoms with Crippen molar-refractivity contribution in [1.82, 2.24) is 15.1 Å². The summed E-state index contributed by atoms with van der Waals surface area (Å²) in [7, 11) is 1.92. The summed E-state index contributed by atoms with van der Waals surface area (Å²) < 4.78 is 7.02. The maximum absolute atomic E-state index is 8.43. The molecule has 20 heavy (non-hydrogen) atoms. The van der Waals surface area contributed by atoms with Crippen LogP contribution in [0.3, 0.4) is 0 Å². The number of ether oxygens (including phenoxy) is 1. The average Bonchev–Trinajstić information content (AvgIpc) is 2.88. The van der Waals surface area contributed by atoms with Crippen molar-refractivity contribution in [1.29, 1.82) is 5.26 Å². The predicted octanol–water partition coefficient (Wildman–Crippen LogP) is 1.65. The normalized spacial score (nSPS) is 10.2. The van der Waals surface area contributed by atoms with E-state index in [-0.39, 0.29) is 6.61 Å². The molecule has 1 N–H and O–H groups in total. The number of hydrogen-bond donors (Lipinski definition) is 1. The van der Waals surface area contributed by atoms with Gasteiger partial charge in [0.25, 0.3) is 0 Å². The summed E-state index contributed by atoms with van der Waals surface area (Å²) in [5, 5.41) is 16.0. The molecule has 1 aromatic carbocycles. The number of rotatable bonds is 7. The Bertz CT molecular complexity index is 568. The van der Waals surface area contributed by atoms with Crippen LogP contribution in [0.5, 0.6) is 5.75 Å². The summed E-state index contributed by atoms with van der Waals surface area (Å²) in [5.74, 6) is 0.727. The summed E-state index contributed by atoms with van der Waals surface area (Å²) in [6, 6.07) is 9.72. The Morgan fingerprint density at radius 2 is 2.10 bits per heavy atom. The predicted molar refractivity (Wildman–Crippen MR) is 76.2 cm³/mol. The fourth-order valence-electron chi connectivity index (χ4n) is 1.89. The Kier molecular flexibility index (Phi) is 5.15. The monoisotopic (exact) mass is 270 g/mol. The van der Waals surface area contributed by atoms with Gasteiger partial charge in [-0.15, -0.1) is 0 Å². The summed E-state index contributed by atoms with van der Waals surface area (Å²) in [6.07, 6.45) is 4.89. The van der Waals surface area contributed by atoms with Crippen LogP contribution in [0.25, 0.3) is 0 Å². The number of aryl methyl sites for hydroxylation is 1. The number of aromatic nitrogens is 2. The van der Waals surface area contributed by atoms with E-state index in [0.29, 0.717) is 0 Å². The minimum Gasteiger partial charge on any atom is -0.479 e. The molecule has 0 aliphatic rings. The fourth-order valence-corrected chi connectivity index (χ4v) is 1.89. The quantitative estimate of drug-likeness (QED) is 0.777. The molecular formula is C15H18N4O. The van der Waals surface area contributed by atoms with Crippen molar-refractivity contribution < 1.29 is 4.74 Å². The zero-order valence-electron chi connectivity index (χ0n) is 11.5. The van der Waals surface area contributed by atoms with Crippen LogP contribution in [0.2, 0.25) is 0 Å². The molecule has 2 aromatic rings. The zero-order chi connectivity index (χ0) is 14.2. The van der Waals surface area contributed by atoms with Gasteiger partial charge in [0.1, 0.15) is 11.8 Å². The molecule has 0 fully saturated rings. The molecule has 0 aliphatic carbocycles. The van der Waals surface area contributed by atoms with E-state index in [0.717, 1.165) is 25.3 Å². The molecule has 0 unspecified atom stereocenters. The molecule has 1 aromatic heterocycles. The van der Waals surface area contributed by atoms with Gasteiger partial charge in [-0.1, -0.05) is 12.1 Å². The molecular weight excluding hydrogens is 252 g/mol. The van der Waals surface area contributed by atoms with Crippen molar-refractivity contribution in [3.05, 3.63) is 47.8 Å². The van der Waals surface area contributed by atoms with E-state index < -0.39 is 0 Å². The number of nitrogens with zero attached hydrogens (tertiary/aromatic N) is 3. The second-order valence-corrected chi connectivity index (χ2v) is 4.54. The number of benzene rings is 1. The van der Waals surface area contributed by atoms with Gasteiger partial charge in [-0.05, 0) is 36.2 Å². The van der Waals surface area contributed by atoms with Gasteiger partial charge >= 0.3 is 0 Å². The molecule has 0 saturated heterocycles. The van der Waals surface area contributed by atoms with Crippen molar-refractivity contribution in [2.75, 3.05) is 13.2 Å². The molecule has 0 aliphatic heterocycles. The second-order valence-electron chi connectivity index (χ2n) is 4.54. The molecule has 1 heterocycles. The molecule has 0 atom stereocenters. The lowest BCUT2D eigenvalue weighted by atomic mass is 10.2. The topological polar surface area (TPSA) is 62.9 Å². The highest BCUT2D eigenvalue weighted by Crippen LogP contribution is 2.11. The molecule has 0 bridgehead atoms. The standard InChI is InChI=1S/C15H18N4O/c1-19-12-14(11-18-19)6-8-17-10-13-2-4-15(5-3-13)20-9-7-16/h2-5,11-12,17H,6,8-10H2,1H3. The molecule has 104 valence electrons. The molecule has 0 amide bonds.